The Kier molecular flexibility index (Phi) is 5.33. The highest BCUT2D eigenvalue weighted by molar-refractivity contribution is 4.81. The third kappa shape index (κ3) is 3.53. The molecule has 0 amide bonds. The van der Waals surface area contributed by atoms with Crippen LogP contribution in [0.1, 0.15) is 0 Å². The lowest BCUT2D eigenvalue weighted by atomic mass is 10.0. The lowest BCUT2D eigenvalue weighted by Crippen LogP contribution is -2.49. The first-order chi connectivity index (χ1) is 5.91. The summed E-state index contributed by atoms with van der Waals surface area (Å²) in [6.07, 6.45) is -9.67. The lowest BCUT2D eigenvalue weighted by molar-refractivity contribution is -0.190. The summed E-state index contributed by atoms with van der Waals surface area (Å²) in [5, 5.41) is 60.6. The SMILES string of the molecule is OC[C@@H](O)[C@@H](O)[C@@H](O)[C@@H](O)C(O)O. The van der Waals surface area contributed by atoms with Crippen LogP contribution in [0.3, 0.4) is 0 Å². The van der Waals surface area contributed by atoms with Gasteiger partial charge in [0.15, 0.2) is 6.29 Å². The molecule has 0 radical (unpaired) electrons. The van der Waals surface area contributed by atoms with Crippen LogP contribution in [0.2, 0.25) is 0 Å². The van der Waals surface area contributed by atoms with E-state index < -0.39 is 37.3 Å². The van der Waals surface area contributed by atoms with Gasteiger partial charge in [0.05, 0.1) is 6.61 Å². The van der Waals surface area contributed by atoms with E-state index >= 15 is 0 Å². The van der Waals surface area contributed by atoms with Crippen molar-refractivity contribution in [1.82, 2.24) is 0 Å². The minimum absolute atomic E-state index is 0.813. The number of hydrogen-bond donors (Lipinski definition) is 7. The first-order valence-electron chi connectivity index (χ1n) is 3.61. The number of rotatable bonds is 5. The standard InChI is InChI=1S/C6H14O7/c7-1-2(8)3(9)4(10)5(11)6(12)13/h2-13H,1H2/t2-,3-,4-,5-/m1/s1. The molecule has 80 valence electrons. The van der Waals surface area contributed by atoms with Crippen LogP contribution in [-0.2, 0) is 0 Å². The van der Waals surface area contributed by atoms with E-state index in [1.165, 1.54) is 0 Å². The molecule has 13 heavy (non-hydrogen) atoms. The Morgan fingerprint density at radius 2 is 1.15 bits per heavy atom. The smallest absolute Gasteiger partial charge is 0.180 e. The summed E-state index contributed by atoms with van der Waals surface area (Å²) in [6, 6.07) is 0. The van der Waals surface area contributed by atoms with Gasteiger partial charge in [0, 0.05) is 0 Å². The van der Waals surface area contributed by atoms with E-state index in [0.29, 0.717) is 0 Å². The Morgan fingerprint density at radius 3 is 1.46 bits per heavy atom. The van der Waals surface area contributed by atoms with Gasteiger partial charge >= 0.3 is 0 Å². The van der Waals surface area contributed by atoms with Crippen molar-refractivity contribution >= 4 is 0 Å². The Morgan fingerprint density at radius 1 is 0.692 bits per heavy atom. The highest BCUT2D eigenvalue weighted by Gasteiger charge is 2.33. The predicted molar refractivity (Wildman–Crippen MR) is 39.3 cm³/mol. The fourth-order valence-electron chi connectivity index (χ4n) is 0.714. The second kappa shape index (κ2) is 5.45. The molecule has 0 saturated carbocycles. The maximum absolute atomic E-state index is 8.97. The summed E-state index contributed by atoms with van der Waals surface area (Å²) in [4.78, 5) is 0. The summed E-state index contributed by atoms with van der Waals surface area (Å²) in [7, 11) is 0. The molecule has 0 bridgehead atoms. The monoisotopic (exact) mass is 198 g/mol. The first-order valence-corrected chi connectivity index (χ1v) is 3.61. The molecule has 0 saturated heterocycles. The largest absolute Gasteiger partial charge is 0.394 e. The Balaban J connectivity index is 4.15. The van der Waals surface area contributed by atoms with Crippen LogP contribution in [0.15, 0.2) is 0 Å². The molecule has 7 heteroatoms. The normalized spacial score (nSPS) is 21.2. The second-order valence-corrected chi connectivity index (χ2v) is 2.64. The summed E-state index contributed by atoms with van der Waals surface area (Å²) in [6.45, 7) is -0.813. The van der Waals surface area contributed by atoms with Crippen LogP contribution in [0.4, 0.5) is 0 Å². The van der Waals surface area contributed by atoms with Gasteiger partial charge in [0.25, 0.3) is 0 Å². The molecule has 0 fully saturated rings. The third-order valence-corrected chi connectivity index (χ3v) is 1.59. The van der Waals surface area contributed by atoms with Crippen LogP contribution >= 0.6 is 0 Å². The Bertz CT molecular complexity index is 139. The zero-order chi connectivity index (χ0) is 10.6. The summed E-state index contributed by atoms with van der Waals surface area (Å²) in [5.74, 6) is 0. The fourth-order valence-corrected chi connectivity index (χ4v) is 0.714. The zero-order valence-corrected chi connectivity index (χ0v) is 6.72. The molecular weight excluding hydrogens is 184 g/mol. The molecule has 0 spiro atoms. The topological polar surface area (TPSA) is 142 Å². The van der Waals surface area contributed by atoms with E-state index in [4.69, 9.17) is 35.7 Å². The van der Waals surface area contributed by atoms with Gasteiger partial charge in [0.2, 0.25) is 0 Å². The van der Waals surface area contributed by atoms with Crippen molar-refractivity contribution < 1.29 is 35.7 Å². The molecule has 0 aliphatic heterocycles. The minimum Gasteiger partial charge on any atom is -0.394 e. The Hall–Kier alpha value is -0.280. The van der Waals surface area contributed by atoms with E-state index in [0.717, 1.165) is 0 Å². The van der Waals surface area contributed by atoms with Gasteiger partial charge in [-0.25, -0.2) is 0 Å². The number of hydrogen-bond acceptors (Lipinski definition) is 7. The van der Waals surface area contributed by atoms with Crippen LogP contribution in [-0.4, -0.2) is 73.1 Å². The van der Waals surface area contributed by atoms with Crippen LogP contribution in [0, 0.1) is 0 Å². The molecule has 0 rings (SSSR count). The van der Waals surface area contributed by atoms with E-state index in [1.54, 1.807) is 0 Å². The lowest BCUT2D eigenvalue weighted by Gasteiger charge is -2.26. The van der Waals surface area contributed by atoms with Crippen LogP contribution in [0.25, 0.3) is 0 Å². The van der Waals surface area contributed by atoms with Gasteiger partial charge in [-0.05, 0) is 0 Å². The van der Waals surface area contributed by atoms with E-state index in [-0.39, 0.29) is 0 Å². The molecule has 0 unspecified atom stereocenters. The van der Waals surface area contributed by atoms with Gasteiger partial charge < -0.3 is 35.7 Å². The average Bonchev–Trinajstić information content (AvgIpc) is 2.12. The van der Waals surface area contributed by atoms with Gasteiger partial charge in [-0.15, -0.1) is 0 Å². The summed E-state index contributed by atoms with van der Waals surface area (Å²) >= 11 is 0. The van der Waals surface area contributed by atoms with Gasteiger partial charge in [-0.3, -0.25) is 0 Å². The van der Waals surface area contributed by atoms with Crippen molar-refractivity contribution in [2.24, 2.45) is 0 Å². The highest BCUT2D eigenvalue weighted by atomic mass is 16.5. The van der Waals surface area contributed by atoms with E-state index in [2.05, 4.69) is 0 Å². The van der Waals surface area contributed by atoms with Gasteiger partial charge in [-0.1, -0.05) is 0 Å². The Labute approximate surface area is 74.1 Å². The molecule has 0 aromatic carbocycles. The molecule has 0 aliphatic carbocycles. The maximum Gasteiger partial charge on any atom is 0.180 e. The van der Waals surface area contributed by atoms with E-state index in [1.807, 2.05) is 0 Å². The van der Waals surface area contributed by atoms with Crippen molar-refractivity contribution in [3.63, 3.8) is 0 Å². The number of aliphatic hydroxyl groups excluding tert-OH is 6. The average molecular weight is 198 g/mol. The molecule has 0 aliphatic rings. The van der Waals surface area contributed by atoms with Crippen LogP contribution < -0.4 is 0 Å². The predicted octanol–water partition coefficient (Wildman–Crippen LogP) is -4.27. The van der Waals surface area contributed by atoms with Crippen molar-refractivity contribution in [3.05, 3.63) is 0 Å². The van der Waals surface area contributed by atoms with Crippen LogP contribution in [0.5, 0.6) is 0 Å². The molecule has 0 heterocycles. The van der Waals surface area contributed by atoms with E-state index in [9.17, 15) is 0 Å². The summed E-state index contributed by atoms with van der Waals surface area (Å²) in [5.41, 5.74) is 0. The first kappa shape index (κ1) is 12.7. The zero-order valence-electron chi connectivity index (χ0n) is 6.72. The molecule has 0 aromatic rings. The fraction of sp³-hybridized carbons (Fsp3) is 1.00. The second-order valence-electron chi connectivity index (χ2n) is 2.64. The van der Waals surface area contributed by atoms with Crippen molar-refractivity contribution in [1.29, 1.82) is 0 Å². The molecular formula is C6H14O7. The van der Waals surface area contributed by atoms with Crippen molar-refractivity contribution in [2.45, 2.75) is 30.7 Å². The van der Waals surface area contributed by atoms with Gasteiger partial charge in [-0.2, -0.15) is 0 Å². The quantitative estimate of drug-likeness (QED) is 0.222. The molecule has 4 atom stereocenters. The molecule has 0 aromatic heterocycles. The maximum atomic E-state index is 8.97. The van der Waals surface area contributed by atoms with Crippen molar-refractivity contribution in [3.8, 4) is 0 Å². The molecule has 7 N–H and O–H groups in total. The minimum atomic E-state index is -2.23. The van der Waals surface area contributed by atoms with Crippen molar-refractivity contribution in [2.75, 3.05) is 6.61 Å². The number of aliphatic hydroxyl groups is 7. The molecule has 7 nitrogen and oxygen atoms in total. The van der Waals surface area contributed by atoms with Gasteiger partial charge in [0.1, 0.15) is 24.4 Å². The summed E-state index contributed by atoms with van der Waals surface area (Å²) < 4.78 is 0. The highest BCUT2D eigenvalue weighted by Crippen LogP contribution is 2.06. The third-order valence-electron chi connectivity index (χ3n) is 1.59.